The monoisotopic (exact) mass is 378 g/mol. The zero-order chi connectivity index (χ0) is 19.5. The van der Waals surface area contributed by atoms with Crippen LogP contribution in [0.2, 0.25) is 0 Å². The highest BCUT2D eigenvalue weighted by molar-refractivity contribution is 5.81. The maximum Gasteiger partial charge on any atom is 0.267 e. The molecular weight excluding hydrogens is 352 g/mol. The molecule has 0 aliphatic heterocycles. The summed E-state index contributed by atoms with van der Waals surface area (Å²) in [5.74, 6) is -0.185. The lowest BCUT2D eigenvalue weighted by Crippen LogP contribution is -2.35. The van der Waals surface area contributed by atoms with Crippen LogP contribution in [0.1, 0.15) is 36.1 Å². The fraction of sp³-hybridized carbons (Fsp3) is 0.409. The van der Waals surface area contributed by atoms with Gasteiger partial charge in [-0.1, -0.05) is 18.1 Å². The van der Waals surface area contributed by atoms with Crippen molar-refractivity contribution in [1.82, 2.24) is 19.7 Å². The van der Waals surface area contributed by atoms with Gasteiger partial charge in [-0.05, 0) is 61.8 Å². The molecule has 28 heavy (non-hydrogen) atoms. The minimum atomic E-state index is -0.192. The number of nitrogens with one attached hydrogen (secondary N) is 1. The van der Waals surface area contributed by atoms with Crippen molar-refractivity contribution in [2.75, 3.05) is 6.54 Å². The summed E-state index contributed by atoms with van der Waals surface area (Å²) in [4.78, 5) is 24.6. The summed E-state index contributed by atoms with van der Waals surface area (Å²) < 4.78 is 3.43. The molecule has 6 heteroatoms. The Morgan fingerprint density at radius 2 is 2.00 bits per heavy atom. The fourth-order valence-electron chi connectivity index (χ4n) is 3.91. The van der Waals surface area contributed by atoms with E-state index < -0.39 is 0 Å². The first kappa shape index (κ1) is 18.5. The third-order valence-corrected chi connectivity index (χ3v) is 5.42. The molecule has 1 aliphatic carbocycles. The minimum Gasteiger partial charge on any atom is -0.353 e. The Kier molecular flexibility index (Phi) is 5.28. The van der Waals surface area contributed by atoms with E-state index in [0.29, 0.717) is 13.1 Å². The molecule has 0 saturated carbocycles. The SMILES string of the molecule is Cc1ccc2c(ccn2CCNC(=O)Cn2nc3c(cc2=O)CCCCC3)c1. The molecule has 6 nitrogen and oxygen atoms in total. The zero-order valence-electron chi connectivity index (χ0n) is 16.3. The summed E-state index contributed by atoms with van der Waals surface area (Å²) in [5, 5.41) is 8.56. The normalized spacial score (nSPS) is 13.9. The molecule has 3 aromatic rings. The van der Waals surface area contributed by atoms with Gasteiger partial charge in [0, 0.05) is 30.9 Å². The molecule has 1 amide bonds. The highest BCUT2D eigenvalue weighted by atomic mass is 16.2. The summed E-state index contributed by atoms with van der Waals surface area (Å²) in [6, 6.07) is 10.1. The molecule has 1 aliphatic rings. The predicted molar refractivity (Wildman–Crippen MR) is 109 cm³/mol. The minimum absolute atomic E-state index is 0.0300. The molecule has 0 spiro atoms. The molecule has 1 N–H and O–H groups in total. The molecule has 1 aromatic carbocycles. The van der Waals surface area contributed by atoms with Crippen LogP contribution in [0.4, 0.5) is 0 Å². The van der Waals surface area contributed by atoms with Crippen molar-refractivity contribution < 1.29 is 4.79 Å². The summed E-state index contributed by atoms with van der Waals surface area (Å²) in [7, 11) is 0. The van der Waals surface area contributed by atoms with E-state index in [1.807, 2.05) is 6.20 Å². The molecule has 0 atom stereocenters. The van der Waals surface area contributed by atoms with Crippen molar-refractivity contribution in [1.29, 1.82) is 0 Å². The van der Waals surface area contributed by atoms with Crippen LogP contribution < -0.4 is 10.9 Å². The van der Waals surface area contributed by atoms with Gasteiger partial charge in [-0.3, -0.25) is 9.59 Å². The van der Waals surface area contributed by atoms with Crippen molar-refractivity contribution in [2.24, 2.45) is 0 Å². The maximum absolute atomic E-state index is 12.3. The maximum atomic E-state index is 12.3. The number of nitrogens with zero attached hydrogens (tertiary/aromatic N) is 3. The number of fused-ring (bicyclic) bond motifs is 2. The van der Waals surface area contributed by atoms with Crippen LogP contribution in [0.15, 0.2) is 41.3 Å². The number of rotatable bonds is 5. The van der Waals surface area contributed by atoms with E-state index in [9.17, 15) is 9.59 Å². The fourth-order valence-corrected chi connectivity index (χ4v) is 3.91. The summed E-state index contributed by atoms with van der Waals surface area (Å²) >= 11 is 0. The molecule has 2 heterocycles. The number of benzene rings is 1. The van der Waals surface area contributed by atoms with Crippen LogP contribution in [0.25, 0.3) is 10.9 Å². The molecule has 0 radical (unpaired) electrons. The Bertz CT molecular complexity index is 1060. The molecule has 4 rings (SSSR count). The van der Waals surface area contributed by atoms with Gasteiger partial charge >= 0.3 is 0 Å². The topological polar surface area (TPSA) is 68.9 Å². The van der Waals surface area contributed by atoms with Crippen molar-refractivity contribution in [2.45, 2.75) is 52.1 Å². The average Bonchev–Trinajstić information content (AvgIpc) is 2.91. The number of aromatic nitrogens is 3. The van der Waals surface area contributed by atoms with Gasteiger partial charge in [0.05, 0.1) is 5.69 Å². The van der Waals surface area contributed by atoms with E-state index in [-0.39, 0.29) is 18.0 Å². The Hall–Kier alpha value is -2.89. The van der Waals surface area contributed by atoms with Crippen molar-refractivity contribution in [3.8, 4) is 0 Å². The predicted octanol–water partition coefficient (Wildman–Crippen LogP) is 2.59. The van der Waals surface area contributed by atoms with Crippen LogP contribution in [-0.2, 0) is 30.7 Å². The Balaban J connectivity index is 1.37. The van der Waals surface area contributed by atoms with Gasteiger partial charge in [-0.15, -0.1) is 0 Å². The second-order valence-corrected chi connectivity index (χ2v) is 7.59. The van der Waals surface area contributed by atoms with E-state index >= 15 is 0 Å². The molecule has 0 bridgehead atoms. The molecule has 0 unspecified atom stereocenters. The van der Waals surface area contributed by atoms with Crippen LogP contribution in [-0.4, -0.2) is 26.8 Å². The van der Waals surface area contributed by atoms with E-state index in [1.165, 1.54) is 22.1 Å². The zero-order valence-corrected chi connectivity index (χ0v) is 16.3. The van der Waals surface area contributed by atoms with Gasteiger partial charge in [0.2, 0.25) is 5.91 Å². The van der Waals surface area contributed by atoms with E-state index in [2.05, 4.69) is 46.2 Å². The number of amides is 1. The number of hydrogen-bond acceptors (Lipinski definition) is 3. The average molecular weight is 378 g/mol. The van der Waals surface area contributed by atoms with Gasteiger partial charge in [0.25, 0.3) is 5.56 Å². The Morgan fingerprint density at radius 1 is 1.14 bits per heavy atom. The Labute approximate surface area is 164 Å². The Morgan fingerprint density at radius 3 is 2.89 bits per heavy atom. The first-order valence-corrected chi connectivity index (χ1v) is 10.0. The molecule has 146 valence electrons. The van der Waals surface area contributed by atoms with Crippen LogP contribution in [0, 0.1) is 6.92 Å². The highest BCUT2D eigenvalue weighted by Gasteiger charge is 2.13. The number of carbonyl (C=O) groups is 1. The quantitative estimate of drug-likeness (QED) is 0.694. The third kappa shape index (κ3) is 4.01. The van der Waals surface area contributed by atoms with Gasteiger partial charge < -0.3 is 9.88 Å². The van der Waals surface area contributed by atoms with Crippen molar-refractivity contribution in [3.05, 3.63) is 63.7 Å². The van der Waals surface area contributed by atoms with E-state index in [1.54, 1.807) is 6.07 Å². The van der Waals surface area contributed by atoms with Crippen molar-refractivity contribution in [3.63, 3.8) is 0 Å². The van der Waals surface area contributed by atoms with Crippen LogP contribution in [0.3, 0.4) is 0 Å². The van der Waals surface area contributed by atoms with Crippen LogP contribution >= 0.6 is 0 Å². The first-order valence-electron chi connectivity index (χ1n) is 10.0. The second-order valence-electron chi connectivity index (χ2n) is 7.59. The standard InChI is InChI=1S/C22H26N4O2/c1-16-7-8-20-18(13-16)9-11-25(20)12-10-23-21(27)15-26-22(28)14-17-5-3-2-4-6-19(17)24-26/h7-9,11,13-14H,2-6,10,12,15H2,1H3,(H,23,27). The smallest absolute Gasteiger partial charge is 0.267 e. The third-order valence-electron chi connectivity index (χ3n) is 5.42. The largest absolute Gasteiger partial charge is 0.353 e. The number of aryl methyl sites for hydroxylation is 3. The summed E-state index contributed by atoms with van der Waals surface area (Å²) in [5.41, 5.74) is 4.22. The highest BCUT2D eigenvalue weighted by Crippen LogP contribution is 2.17. The van der Waals surface area contributed by atoms with E-state index in [0.717, 1.165) is 42.5 Å². The molecule has 0 fully saturated rings. The second kappa shape index (κ2) is 8.00. The van der Waals surface area contributed by atoms with Gasteiger partial charge in [0.1, 0.15) is 6.54 Å². The van der Waals surface area contributed by atoms with E-state index in [4.69, 9.17) is 0 Å². The van der Waals surface area contributed by atoms with Crippen molar-refractivity contribution >= 4 is 16.8 Å². The first-order chi connectivity index (χ1) is 13.6. The lowest BCUT2D eigenvalue weighted by molar-refractivity contribution is -0.121. The lowest BCUT2D eigenvalue weighted by Gasteiger charge is -2.11. The number of hydrogen-bond donors (Lipinski definition) is 1. The van der Waals surface area contributed by atoms with Crippen LogP contribution in [0.5, 0.6) is 0 Å². The summed E-state index contributed by atoms with van der Waals surface area (Å²) in [6.45, 7) is 3.24. The van der Waals surface area contributed by atoms with Gasteiger partial charge in [-0.25, -0.2) is 4.68 Å². The molecule has 0 saturated heterocycles. The molecule has 2 aromatic heterocycles. The van der Waals surface area contributed by atoms with Gasteiger partial charge in [-0.2, -0.15) is 5.10 Å². The molecular formula is C22H26N4O2. The van der Waals surface area contributed by atoms with Gasteiger partial charge in [0.15, 0.2) is 0 Å². The summed E-state index contributed by atoms with van der Waals surface area (Å²) in [6.07, 6.45) is 7.20. The lowest BCUT2D eigenvalue weighted by atomic mass is 10.1. The number of carbonyl (C=O) groups excluding carboxylic acids is 1.